The first kappa shape index (κ1) is 23.7. The number of carbonyl (C=O) groups is 2. The summed E-state index contributed by atoms with van der Waals surface area (Å²) in [5.74, 6) is 0.703. The molecule has 2 N–H and O–H groups in total. The minimum Gasteiger partial charge on any atom is -0.456 e. The molecule has 1 aliphatic carbocycles. The number of hydrogen-bond acceptors (Lipinski definition) is 6. The number of aromatic amines is 1. The molecule has 3 aromatic rings. The number of piperazine rings is 1. The van der Waals surface area contributed by atoms with Gasteiger partial charge in [0.15, 0.2) is 0 Å². The summed E-state index contributed by atoms with van der Waals surface area (Å²) in [7, 11) is 0. The van der Waals surface area contributed by atoms with Crippen LogP contribution in [-0.2, 0) is 4.79 Å². The molecule has 2 fully saturated rings. The van der Waals surface area contributed by atoms with Crippen LogP contribution in [0.2, 0.25) is 0 Å². The first-order valence-electron chi connectivity index (χ1n) is 11.8. The maximum atomic E-state index is 13.0. The number of pyridine rings is 2. The van der Waals surface area contributed by atoms with Gasteiger partial charge in [-0.15, -0.1) is 0 Å². The van der Waals surface area contributed by atoms with Gasteiger partial charge in [0.1, 0.15) is 23.1 Å². The summed E-state index contributed by atoms with van der Waals surface area (Å²) in [6.45, 7) is 3.51. The van der Waals surface area contributed by atoms with Gasteiger partial charge in [-0.3, -0.25) is 19.3 Å². The quantitative estimate of drug-likeness (QED) is 0.549. The molecule has 5 rings (SSSR count). The van der Waals surface area contributed by atoms with Crippen molar-refractivity contribution in [1.29, 1.82) is 0 Å². The Morgan fingerprint density at radius 3 is 2.47 bits per heavy atom. The molecule has 1 aliphatic heterocycles. The summed E-state index contributed by atoms with van der Waals surface area (Å²) in [5.41, 5.74) is -0.0719. The van der Waals surface area contributed by atoms with Gasteiger partial charge in [0.2, 0.25) is 11.5 Å². The molecule has 2 aromatic heterocycles. The van der Waals surface area contributed by atoms with E-state index in [4.69, 9.17) is 4.74 Å². The summed E-state index contributed by atoms with van der Waals surface area (Å²) in [4.78, 5) is 48.1. The smallest absolute Gasteiger partial charge is 0.255 e. The maximum Gasteiger partial charge on any atom is 0.255 e. The highest BCUT2D eigenvalue weighted by Gasteiger charge is 2.54. The van der Waals surface area contributed by atoms with Crippen molar-refractivity contribution in [3.05, 3.63) is 82.7 Å². The zero-order valence-corrected chi connectivity index (χ0v) is 19.7. The number of carbonyl (C=O) groups excluding carboxylic acids is 2. The third-order valence-corrected chi connectivity index (χ3v) is 6.75. The minimum atomic E-state index is -0.412. The number of nitrogens with one attached hydrogen (secondary N) is 2. The summed E-state index contributed by atoms with van der Waals surface area (Å²) in [6, 6.07) is 11.5. The van der Waals surface area contributed by atoms with Crippen molar-refractivity contribution in [1.82, 2.24) is 19.8 Å². The minimum absolute atomic E-state index is 0.104. The molecule has 2 aliphatic rings. The van der Waals surface area contributed by atoms with Crippen molar-refractivity contribution in [2.45, 2.75) is 31.3 Å². The molecular weight excluding hydrogens is 465 g/mol. The summed E-state index contributed by atoms with van der Waals surface area (Å²) >= 11 is 0. The van der Waals surface area contributed by atoms with Crippen LogP contribution in [0, 0.1) is 5.82 Å². The maximum absolute atomic E-state index is 13.0. The predicted molar refractivity (Wildman–Crippen MR) is 130 cm³/mol. The van der Waals surface area contributed by atoms with E-state index in [1.165, 1.54) is 42.7 Å². The van der Waals surface area contributed by atoms with Crippen molar-refractivity contribution in [2.75, 3.05) is 25.0 Å². The molecule has 10 heteroatoms. The monoisotopic (exact) mass is 491 g/mol. The first-order chi connectivity index (χ1) is 17.3. The van der Waals surface area contributed by atoms with Crippen LogP contribution >= 0.6 is 0 Å². The van der Waals surface area contributed by atoms with Crippen molar-refractivity contribution in [3.63, 3.8) is 0 Å². The Morgan fingerprint density at radius 2 is 1.83 bits per heavy atom. The molecule has 1 atom stereocenters. The van der Waals surface area contributed by atoms with Gasteiger partial charge in [-0.25, -0.2) is 9.37 Å². The molecule has 0 radical (unpaired) electrons. The average Bonchev–Trinajstić information content (AvgIpc) is 3.65. The number of aromatic nitrogens is 2. The third kappa shape index (κ3) is 4.99. The lowest BCUT2D eigenvalue weighted by molar-refractivity contribution is -0.121. The number of benzene rings is 1. The molecule has 2 amide bonds. The number of H-pyrrole nitrogens is 1. The Kier molecular flexibility index (Phi) is 6.27. The molecule has 0 unspecified atom stereocenters. The van der Waals surface area contributed by atoms with E-state index >= 15 is 0 Å². The van der Waals surface area contributed by atoms with Gasteiger partial charge in [-0.05, 0) is 62.2 Å². The van der Waals surface area contributed by atoms with Crippen LogP contribution < -0.4 is 15.6 Å². The highest BCUT2D eigenvalue weighted by Crippen LogP contribution is 2.45. The summed E-state index contributed by atoms with van der Waals surface area (Å²) < 4.78 is 18.7. The fourth-order valence-electron chi connectivity index (χ4n) is 4.48. The zero-order valence-electron chi connectivity index (χ0n) is 19.7. The van der Waals surface area contributed by atoms with Crippen LogP contribution in [0.4, 0.5) is 10.2 Å². The van der Waals surface area contributed by atoms with Crippen molar-refractivity contribution in [2.24, 2.45) is 0 Å². The molecule has 1 saturated heterocycles. The lowest BCUT2D eigenvalue weighted by Gasteiger charge is -2.44. The second-order valence-corrected chi connectivity index (χ2v) is 9.19. The standard InChI is InChI=1S/C26H26FN5O4/c1-17(24(34)30-22-8-7-21(15-28-22)36-20-5-3-19(27)4-6-20)31-12-13-32(26(16-31)10-11-26)25(35)18-2-9-23(33)29-14-18/h2-9,14-15,17H,10-13,16H2,1H3,(H,29,33)(H,28,30,34)/t17-/m0/s1. The Hall–Kier alpha value is -4.05. The predicted octanol–water partition coefficient (Wildman–Crippen LogP) is 3.02. The fourth-order valence-corrected chi connectivity index (χ4v) is 4.48. The van der Waals surface area contributed by atoms with E-state index in [2.05, 4.69) is 20.2 Å². The second kappa shape index (κ2) is 9.54. The van der Waals surface area contributed by atoms with Crippen LogP contribution in [0.3, 0.4) is 0 Å². The molecule has 186 valence electrons. The number of nitrogens with zero attached hydrogens (tertiary/aromatic N) is 3. The van der Waals surface area contributed by atoms with Crippen LogP contribution in [-0.4, -0.2) is 62.8 Å². The molecule has 0 bridgehead atoms. The molecule has 3 heterocycles. The SMILES string of the molecule is C[C@@H](C(=O)Nc1ccc(Oc2ccc(F)cc2)cn1)N1CCN(C(=O)c2ccc(=O)[nH]c2)C2(CC2)C1. The average molecular weight is 492 g/mol. The Balaban J connectivity index is 1.18. The van der Waals surface area contributed by atoms with E-state index in [9.17, 15) is 18.8 Å². The van der Waals surface area contributed by atoms with Gasteiger partial charge >= 0.3 is 0 Å². The van der Waals surface area contributed by atoms with Crippen molar-refractivity contribution in [3.8, 4) is 11.5 Å². The molecule has 9 nitrogen and oxygen atoms in total. The Labute approximate surface area is 206 Å². The first-order valence-corrected chi connectivity index (χ1v) is 11.8. The van der Waals surface area contributed by atoms with E-state index in [0.717, 1.165) is 12.8 Å². The number of ether oxygens (including phenoxy) is 1. The van der Waals surface area contributed by atoms with E-state index < -0.39 is 6.04 Å². The van der Waals surface area contributed by atoms with E-state index in [0.29, 0.717) is 42.5 Å². The van der Waals surface area contributed by atoms with Crippen LogP contribution in [0.25, 0.3) is 0 Å². The topological polar surface area (TPSA) is 108 Å². The number of rotatable bonds is 6. The molecule has 36 heavy (non-hydrogen) atoms. The number of halogens is 1. The Morgan fingerprint density at radius 1 is 1.08 bits per heavy atom. The lowest BCUT2D eigenvalue weighted by atomic mass is 10.1. The van der Waals surface area contributed by atoms with Crippen LogP contribution in [0.1, 0.15) is 30.1 Å². The van der Waals surface area contributed by atoms with Gasteiger partial charge in [0.25, 0.3) is 5.91 Å². The van der Waals surface area contributed by atoms with Gasteiger partial charge in [0.05, 0.1) is 23.3 Å². The van der Waals surface area contributed by atoms with Crippen molar-refractivity contribution >= 4 is 17.6 Å². The number of hydrogen-bond donors (Lipinski definition) is 2. The van der Waals surface area contributed by atoms with E-state index in [1.807, 2.05) is 11.8 Å². The Bertz CT molecular complexity index is 1300. The number of amides is 2. The summed E-state index contributed by atoms with van der Waals surface area (Å²) in [5, 5.41) is 2.84. The largest absolute Gasteiger partial charge is 0.456 e. The van der Waals surface area contributed by atoms with Gasteiger partial charge in [-0.1, -0.05) is 0 Å². The third-order valence-electron chi connectivity index (χ3n) is 6.75. The van der Waals surface area contributed by atoms with Gasteiger partial charge < -0.3 is 19.9 Å². The molecular formula is C26H26FN5O4. The van der Waals surface area contributed by atoms with E-state index in [-0.39, 0.29) is 28.7 Å². The molecule has 1 saturated carbocycles. The highest BCUT2D eigenvalue weighted by molar-refractivity contribution is 5.95. The summed E-state index contributed by atoms with van der Waals surface area (Å²) in [6.07, 6.45) is 4.70. The van der Waals surface area contributed by atoms with Gasteiger partial charge in [-0.2, -0.15) is 0 Å². The van der Waals surface area contributed by atoms with Crippen LogP contribution in [0.5, 0.6) is 11.5 Å². The van der Waals surface area contributed by atoms with Gasteiger partial charge in [0, 0.05) is 31.9 Å². The molecule has 1 spiro atoms. The van der Waals surface area contributed by atoms with E-state index in [1.54, 1.807) is 18.2 Å². The number of anilines is 1. The molecule has 1 aromatic carbocycles. The van der Waals surface area contributed by atoms with Crippen LogP contribution in [0.15, 0.2) is 65.7 Å². The zero-order chi connectivity index (χ0) is 25.3. The van der Waals surface area contributed by atoms with Crippen molar-refractivity contribution < 1.29 is 18.7 Å². The highest BCUT2D eigenvalue weighted by atomic mass is 19.1. The lowest BCUT2D eigenvalue weighted by Crippen LogP contribution is -2.60. The second-order valence-electron chi connectivity index (χ2n) is 9.19. The fraction of sp³-hybridized carbons (Fsp3) is 0.308. The normalized spacial score (nSPS) is 17.4.